The highest BCUT2D eigenvalue weighted by atomic mass is 32.1. The Morgan fingerprint density at radius 3 is 2.57 bits per heavy atom. The van der Waals surface area contributed by atoms with Gasteiger partial charge >= 0.3 is 5.97 Å². The Labute approximate surface area is 170 Å². The van der Waals surface area contributed by atoms with Crippen molar-refractivity contribution in [3.05, 3.63) is 45.4 Å². The molecule has 0 aliphatic heterocycles. The lowest BCUT2D eigenvalue weighted by atomic mass is 10.1. The van der Waals surface area contributed by atoms with Crippen LogP contribution in [0.15, 0.2) is 24.3 Å². The Bertz CT molecular complexity index is 776. The van der Waals surface area contributed by atoms with E-state index in [1.807, 2.05) is 43.0 Å². The number of benzene rings is 1. The van der Waals surface area contributed by atoms with Crippen molar-refractivity contribution in [3.63, 3.8) is 0 Å². The van der Waals surface area contributed by atoms with E-state index in [1.54, 1.807) is 6.92 Å². The predicted molar refractivity (Wildman–Crippen MR) is 109 cm³/mol. The van der Waals surface area contributed by atoms with Gasteiger partial charge in [-0.25, -0.2) is 0 Å². The minimum atomic E-state index is -0.373. The molecule has 0 unspecified atom stereocenters. The Balaban J connectivity index is 1.95. The van der Waals surface area contributed by atoms with Crippen LogP contribution in [-0.2, 0) is 22.6 Å². The number of amides is 1. The fourth-order valence-electron chi connectivity index (χ4n) is 2.66. The highest BCUT2D eigenvalue weighted by Crippen LogP contribution is 2.15. The Morgan fingerprint density at radius 2 is 1.93 bits per heavy atom. The van der Waals surface area contributed by atoms with Gasteiger partial charge in [-0.3, -0.25) is 14.5 Å². The lowest BCUT2D eigenvalue weighted by molar-refractivity contribution is -0.149. The van der Waals surface area contributed by atoms with Gasteiger partial charge in [0.2, 0.25) is 5.01 Å². The lowest BCUT2D eigenvalue weighted by Crippen LogP contribution is -2.40. The molecule has 28 heavy (non-hydrogen) atoms. The number of carbonyl (C=O) groups is 2. The van der Waals surface area contributed by atoms with E-state index in [2.05, 4.69) is 22.4 Å². The summed E-state index contributed by atoms with van der Waals surface area (Å²) in [6.07, 6.45) is 0.895. The van der Waals surface area contributed by atoms with Crippen molar-refractivity contribution in [2.45, 2.75) is 53.2 Å². The van der Waals surface area contributed by atoms with Crippen LogP contribution in [0, 0.1) is 6.92 Å². The smallest absolute Gasteiger partial charge is 0.323 e. The van der Waals surface area contributed by atoms with Crippen LogP contribution in [0.2, 0.25) is 0 Å². The third-order valence-electron chi connectivity index (χ3n) is 4.26. The fourth-order valence-corrected chi connectivity index (χ4v) is 3.44. The second-order valence-electron chi connectivity index (χ2n) is 6.57. The van der Waals surface area contributed by atoms with Gasteiger partial charge in [-0.05, 0) is 39.3 Å². The Morgan fingerprint density at radius 1 is 1.21 bits per heavy atom. The number of aromatic nitrogens is 2. The summed E-state index contributed by atoms with van der Waals surface area (Å²) in [5.41, 5.74) is 2.21. The topological polar surface area (TPSA) is 84.4 Å². The molecule has 0 fully saturated rings. The summed E-state index contributed by atoms with van der Waals surface area (Å²) >= 11 is 1.25. The fraction of sp³-hybridized carbons (Fsp3) is 0.500. The summed E-state index contributed by atoms with van der Waals surface area (Å²) in [6.45, 7) is 9.67. The lowest BCUT2D eigenvalue weighted by Gasteiger charge is -2.25. The number of ether oxygens (including phenoxy) is 1. The van der Waals surface area contributed by atoms with Crippen molar-refractivity contribution in [2.24, 2.45) is 0 Å². The molecule has 0 aliphatic carbocycles. The van der Waals surface area contributed by atoms with Crippen LogP contribution in [-0.4, -0.2) is 46.2 Å². The van der Waals surface area contributed by atoms with Gasteiger partial charge < -0.3 is 10.1 Å². The van der Waals surface area contributed by atoms with Crippen LogP contribution in [0.1, 0.15) is 53.1 Å². The van der Waals surface area contributed by atoms with E-state index in [0.717, 1.165) is 18.5 Å². The summed E-state index contributed by atoms with van der Waals surface area (Å²) in [7, 11) is 0. The average molecular weight is 405 g/mol. The number of hydrogen-bond donors (Lipinski definition) is 1. The van der Waals surface area contributed by atoms with Crippen LogP contribution < -0.4 is 5.32 Å². The van der Waals surface area contributed by atoms with E-state index in [4.69, 9.17) is 4.74 Å². The zero-order valence-electron chi connectivity index (χ0n) is 16.9. The second kappa shape index (κ2) is 10.9. The number of nitrogens with one attached hydrogen (secondary N) is 1. The zero-order chi connectivity index (χ0) is 20.5. The summed E-state index contributed by atoms with van der Waals surface area (Å²) in [5, 5.41) is 12.0. The van der Waals surface area contributed by atoms with E-state index in [0.29, 0.717) is 29.7 Å². The standard InChI is InChI=1S/C20H28N4O3S/c1-5-11-24(15(4)20(26)27-6-2)13-17-22-23-19(28-17)18(25)21-12-16-9-7-14(3)8-10-16/h7-10,15H,5-6,11-13H2,1-4H3,(H,21,25)/t15-/m1/s1. The van der Waals surface area contributed by atoms with E-state index < -0.39 is 0 Å². The molecule has 0 spiro atoms. The van der Waals surface area contributed by atoms with Crippen molar-refractivity contribution in [2.75, 3.05) is 13.2 Å². The quantitative estimate of drug-likeness (QED) is 0.613. The summed E-state index contributed by atoms with van der Waals surface area (Å²) < 4.78 is 5.12. The van der Waals surface area contributed by atoms with E-state index in [1.165, 1.54) is 16.9 Å². The number of rotatable bonds is 10. The maximum atomic E-state index is 12.3. The Kier molecular flexibility index (Phi) is 8.53. The molecule has 0 bridgehead atoms. The monoisotopic (exact) mass is 404 g/mol. The van der Waals surface area contributed by atoms with Crippen LogP contribution in [0.25, 0.3) is 0 Å². The highest BCUT2D eigenvalue weighted by Gasteiger charge is 2.24. The van der Waals surface area contributed by atoms with Gasteiger partial charge in [0, 0.05) is 6.54 Å². The van der Waals surface area contributed by atoms with E-state index >= 15 is 0 Å². The van der Waals surface area contributed by atoms with Crippen molar-refractivity contribution in [1.82, 2.24) is 20.4 Å². The van der Waals surface area contributed by atoms with E-state index in [-0.39, 0.29) is 17.9 Å². The second-order valence-corrected chi connectivity index (χ2v) is 7.63. The first-order chi connectivity index (χ1) is 13.4. The molecule has 1 atom stereocenters. The normalized spacial score (nSPS) is 12.0. The molecule has 2 rings (SSSR count). The molecule has 1 amide bonds. The molecule has 0 radical (unpaired) electrons. The van der Waals surface area contributed by atoms with Crippen molar-refractivity contribution in [1.29, 1.82) is 0 Å². The predicted octanol–water partition coefficient (Wildman–Crippen LogP) is 2.94. The molecule has 1 heterocycles. The average Bonchev–Trinajstić information content (AvgIpc) is 3.15. The van der Waals surface area contributed by atoms with Crippen LogP contribution in [0.4, 0.5) is 0 Å². The van der Waals surface area contributed by atoms with Crippen molar-refractivity contribution in [3.8, 4) is 0 Å². The van der Waals surface area contributed by atoms with Gasteiger partial charge in [0.1, 0.15) is 11.0 Å². The van der Waals surface area contributed by atoms with E-state index in [9.17, 15) is 9.59 Å². The Hall–Kier alpha value is -2.32. The third kappa shape index (κ3) is 6.38. The molecular weight excluding hydrogens is 376 g/mol. The molecule has 0 saturated heterocycles. The van der Waals surface area contributed by atoms with Gasteiger partial charge in [0.15, 0.2) is 0 Å². The summed E-state index contributed by atoms with van der Waals surface area (Å²) in [4.78, 5) is 26.4. The first kappa shape index (κ1) is 22.0. The molecule has 1 aromatic carbocycles. The summed E-state index contributed by atoms with van der Waals surface area (Å²) in [5.74, 6) is -0.499. The van der Waals surface area contributed by atoms with Crippen LogP contribution >= 0.6 is 11.3 Å². The first-order valence-electron chi connectivity index (χ1n) is 9.51. The van der Waals surface area contributed by atoms with Crippen LogP contribution in [0.3, 0.4) is 0 Å². The maximum absolute atomic E-state index is 12.3. The van der Waals surface area contributed by atoms with Crippen molar-refractivity contribution >= 4 is 23.2 Å². The zero-order valence-corrected chi connectivity index (χ0v) is 17.7. The molecule has 152 valence electrons. The molecular formula is C20H28N4O3S. The number of aryl methyl sites for hydroxylation is 1. The van der Waals surface area contributed by atoms with Gasteiger partial charge in [-0.15, -0.1) is 10.2 Å². The van der Waals surface area contributed by atoms with Crippen LogP contribution in [0.5, 0.6) is 0 Å². The summed E-state index contributed by atoms with van der Waals surface area (Å²) in [6, 6.07) is 7.62. The third-order valence-corrected chi connectivity index (χ3v) is 5.17. The van der Waals surface area contributed by atoms with Gasteiger partial charge in [0.25, 0.3) is 5.91 Å². The molecule has 0 aliphatic rings. The maximum Gasteiger partial charge on any atom is 0.323 e. The molecule has 7 nitrogen and oxygen atoms in total. The number of nitrogens with zero attached hydrogens (tertiary/aromatic N) is 3. The van der Waals surface area contributed by atoms with Crippen molar-refractivity contribution < 1.29 is 14.3 Å². The van der Waals surface area contributed by atoms with Gasteiger partial charge in [-0.1, -0.05) is 48.1 Å². The van der Waals surface area contributed by atoms with Gasteiger partial charge in [-0.2, -0.15) is 0 Å². The number of esters is 1. The number of hydrogen-bond acceptors (Lipinski definition) is 7. The SMILES string of the molecule is CCCN(Cc1nnc(C(=O)NCc2ccc(C)cc2)s1)[C@H](C)C(=O)OCC. The molecule has 2 aromatic rings. The van der Waals surface area contributed by atoms with Gasteiger partial charge in [0.05, 0.1) is 13.2 Å². The number of carbonyl (C=O) groups excluding carboxylic acids is 2. The minimum absolute atomic E-state index is 0.246. The molecule has 1 N–H and O–H groups in total. The highest BCUT2D eigenvalue weighted by molar-refractivity contribution is 7.13. The minimum Gasteiger partial charge on any atom is -0.465 e. The first-order valence-corrected chi connectivity index (χ1v) is 10.3. The molecule has 0 saturated carbocycles. The largest absolute Gasteiger partial charge is 0.465 e. The molecule has 1 aromatic heterocycles. The molecule has 8 heteroatoms.